The Morgan fingerprint density at radius 3 is 2.18 bits per heavy atom. The average molecular weight is 586 g/mol. The molecule has 0 atom stereocenters. The highest BCUT2D eigenvalue weighted by Gasteiger charge is 2.25. The third-order valence-electron chi connectivity index (χ3n) is 8.93. The van der Waals surface area contributed by atoms with Gasteiger partial charge in [-0.3, -0.25) is 4.57 Å². The molecule has 8 rings (SSSR count). The van der Waals surface area contributed by atoms with Crippen molar-refractivity contribution in [2.24, 2.45) is 0 Å². The van der Waals surface area contributed by atoms with Crippen molar-refractivity contribution in [3.63, 3.8) is 0 Å². The van der Waals surface area contributed by atoms with Crippen LogP contribution in [-0.2, 0) is 0 Å². The molecule has 0 N–H and O–H groups in total. The Bertz CT molecular complexity index is 2160. The molecule has 220 valence electrons. The summed E-state index contributed by atoms with van der Waals surface area (Å²) in [4.78, 5) is 11.9. The lowest BCUT2D eigenvalue weighted by Gasteiger charge is -2.27. The summed E-state index contributed by atoms with van der Waals surface area (Å²) in [6, 6.07) is 48.0. The maximum atomic E-state index is 4.88. The molecule has 0 saturated carbocycles. The van der Waals surface area contributed by atoms with Gasteiger partial charge in [0.15, 0.2) is 0 Å². The zero-order valence-corrected chi connectivity index (χ0v) is 25.8. The summed E-state index contributed by atoms with van der Waals surface area (Å²) < 4.78 is 2.32. The lowest BCUT2D eigenvalue weighted by Crippen LogP contribution is -2.24. The van der Waals surface area contributed by atoms with Crippen molar-refractivity contribution < 1.29 is 0 Å². The molecule has 5 nitrogen and oxygen atoms in total. The zero-order valence-electron chi connectivity index (χ0n) is 25.8. The van der Waals surface area contributed by atoms with Gasteiger partial charge in [-0.15, -0.1) is 0 Å². The summed E-state index contributed by atoms with van der Waals surface area (Å²) in [5.41, 5.74) is 10.5. The van der Waals surface area contributed by atoms with Gasteiger partial charge in [0.05, 0.1) is 29.1 Å². The molecule has 0 unspecified atom stereocenters. The van der Waals surface area contributed by atoms with E-state index in [-0.39, 0.29) is 0 Å². The minimum Gasteiger partial charge on any atom is -0.355 e. The fraction of sp³-hybridized carbons (Fsp3) is 0.125. The Kier molecular flexibility index (Phi) is 6.53. The van der Waals surface area contributed by atoms with Crippen molar-refractivity contribution in [2.45, 2.75) is 19.8 Å². The Morgan fingerprint density at radius 2 is 1.33 bits per heavy atom. The number of hydrogen-bond donors (Lipinski definition) is 0. The molecular weight excluding hydrogens is 550 g/mol. The van der Waals surface area contributed by atoms with Crippen LogP contribution in [0.1, 0.15) is 25.3 Å². The zero-order chi connectivity index (χ0) is 30.5. The molecule has 45 heavy (non-hydrogen) atoms. The van der Waals surface area contributed by atoms with Crippen LogP contribution in [0.4, 0.5) is 34.1 Å². The molecule has 3 heterocycles. The summed E-state index contributed by atoms with van der Waals surface area (Å²) in [7, 11) is 2.15. The van der Waals surface area contributed by atoms with Gasteiger partial charge < -0.3 is 14.7 Å². The highest BCUT2D eigenvalue weighted by Crippen LogP contribution is 2.43. The van der Waals surface area contributed by atoms with Crippen molar-refractivity contribution in [1.82, 2.24) is 9.55 Å². The maximum absolute atomic E-state index is 4.88. The maximum Gasteiger partial charge on any atom is 0.137 e. The van der Waals surface area contributed by atoms with Gasteiger partial charge in [-0.2, -0.15) is 0 Å². The molecule has 5 aromatic carbocycles. The molecule has 0 bridgehead atoms. The Labute approximate surface area is 264 Å². The standard InChI is InChI=1S/C40H35N5/c1-28(2)29-22-23-41-40(24-29)45-36-17-8-7-16-34(36)35-21-20-33(26-39(35)45)44(30-12-5-4-6-13-30)32-15-11-14-31(25-32)43-27-42(3)37-18-9-10-19-38(37)43/h4-26,28H,27H2,1-3H3. The number of hydrogen-bond acceptors (Lipinski definition) is 4. The molecule has 0 saturated heterocycles. The molecule has 1 aliphatic heterocycles. The van der Waals surface area contributed by atoms with E-state index in [4.69, 9.17) is 4.98 Å². The number of nitrogens with zero attached hydrogens (tertiary/aromatic N) is 5. The highest BCUT2D eigenvalue weighted by atomic mass is 15.4. The summed E-state index contributed by atoms with van der Waals surface area (Å²) >= 11 is 0. The van der Waals surface area contributed by atoms with Crippen LogP contribution in [0.3, 0.4) is 0 Å². The van der Waals surface area contributed by atoms with E-state index in [1.54, 1.807) is 0 Å². The Morgan fingerprint density at radius 1 is 0.622 bits per heavy atom. The quantitative estimate of drug-likeness (QED) is 0.194. The second-order valence-electron chi connectivity index (χ2n) is 12.1. The topological polar surface area (TPSA) is 27.5 Å². The van der Waals surface area contributed by atoms with Crippen molar-refractivity contribution >= 4 is 55.9 Å². The molecule has 0 amide bonds. The van der Waals surface area contributed by atoms with Gasteiger partial charge in [-0.1, -0.05) is 74.5 Å². The van der Waals surface area contributed by atoms with E-state index in [0.29, 0.717) is 5.92 Å². The van der Waals surface area contributed by atoms with E-state index in [2.05, 4.69) is 174 Å². The van der Waals surface area contributed by atoms with Gasteiger partial charge in [0.25, 0.3) is 0 Å². The second-order valence-corrected chi connectivity index (χ2v) is 12.1. The average Bonchev–Trinajstić information content (AvgIpc) is 3.60. The normalized spacial score (nSPS) is 12.8. The fourth-order valence-electron chi connectivity index (χ4n) is 6.69. The molecule has 0 fully saturated rings. The van der Waals surface area contributed by atoms with E-state index >= 15 is 0 Å². The van der Waals surface area contributed by atoms with Crippen LogP contribution < -0.4 is 14.7 Å². The third-order valence-corrected chi connectivity index (χ3v) is 8.93. The minimum absolute atomic E-state index is 0.415. The SMILES string of the molecule is CC(C)c1ccnc(-n2c3ccccc3c3ccc(N(c4ccccc4)c4cccc(N5CN(C)c6ccccc65)c4)cc32)c1. The molecule has 0 spiro atoms. The number of rotatable bonds is 6. The Hall–Kier alpha value is -5.55. The number of para-hydroxylation sites is 4. The largest absolute Gasteiger partial charge is 0.355 e. The molecule has 0 aliphatic carbocycles. The summed E-state index contributed by atoms with van der Waals surface area (Å²) in [5, 5.41) is 2.44. The first kappa shape index (κ1) is 27.0. The number of aromatic nitrogens is 2. The smallest absolute Gasteiger partial charge is 0.137 e. The van der Waals surface area contributed by atoms with Crippen LogP contribution in [0, 0.1) is 0 Å². The highest BCUT2D eigenvalue weighted by molar-refractivity contribution is 6.10. The predicted molar refractivity (Wildman–Crippen MR) is 189 cm³/mol. The molecular formula is C40H35N5. The van der Waals surface area contributed by atoms with Gasteiger partial charge in [-0.25, -0.2) is 4.98 Å². The van der Waals surface area contributed by atoms with Crippen LogP contribution in [0.25, 0.3) is 27.6 Å². The Balaban J connectivity index is 1.31. The van der Waals surface area contributed by atoms with Gasteiger partial charge in [-0.05, 0) is 84.3 Å². The third kappa shape index (κ3) is 4.59. The molecule has 1 aliphatic rings. The molecule has 0 radical (unpaired) electrons. The van der Waals surface area contributed by atoms with E-state index in [1.807, 2.05) is 6.20 Å². The van der Waals surface area contributed by atoms with Crippen molar-refractivity contribution in [2.75, 3.05) is 28.4 Å². The fourth-order valence-corrected chi connectivity index (χ4v) is 6.69. The number of anilines is 6. The first-order valence-electron chi connectivity index (χ1n) is 15.6. The van der Waals surface area contributed by atoms with Crippen molar-refractivity contribution in [1.29, 1.82) is 0 Å². The number of benzene rings is 5. The van der Waals surface area contributed by atoms with Crippen LogP contribution in [0.5, 0.6) is 0 Å². The first-order valence-corrected chi connectivity index (χ1v) is 15.6. The van der Waals surface area contributed by atoms with Crippen LogP contribution in [-0.4, -0.2) is 23.3 Å². The van der Waals surface area contributed by atoms with Gasteiger partial charge in [0, 0.05) is 46.8 Å². The lowest BCUT2D eigenvalue weighted by atomic mass is 10.1. The van der Waals surface area contributed by atoms with Gasteiger partial charge in [0.1, 0.15) is 5.82 Å². The number of fused-ring (bicyclic) bond motifs is 4. The molecule has 7 aromatic rings. The summed E-state index contributed by atoms with van der Waals surface area (Å²) in [6.07, 6.45) is 1.94. The van der Waals surface area contributed by atoms with E-state index in [0.717, 1.165) is 46.3 Å². The lowest BCUT2D eigenvalue weighted by molar-refractivity contribution is 0.858. The minimum atomic E-state index is 0.415. The van der Waals surface area contributed by atoms with E-state index in [1.165, 1.54) is 27.7 Å². The van der Waals surface area contributed by atoms with E-state index in [9.17, 15) is 0 Å². The molecule has 2 aromatic heterocycles. The summed E-state index contributed by atoms with van der Waals surface area (Å²) in [6.45, 7) is 5.27. The van der Waals surface area contributed by atoms with E-state index < -0.39 is 0 Å². The van der Waals surface area contributed by atoms with Gasteiger partial charge >= 0.3 is 0 Å². The van der Waals surface area contributed by atoms with Crippen molar-refractivity contribution in [3.8, 4) is 5.82 Å². The molecule has 5 heteroatoms. The van der Waals surface area contributed by atoms with Crippen LogP contribution >= 0.6 is 0 Å². The van der Waals surface area contributed by atoms with Crippen LogP contribution in [0.15, 0.2) is 140 Å². The monoisotopic (exact) mass is 585 g/mol. The number of pyridine rings is 1. The van der Waals surface area contributed by atoms with Gasteiger partial charge in [0.2, 0.25) is 0 Å². The van der Waals surface area contributed by atoms with Crippen LogP contribution in [0.2, 0.25) is 0 Å². The van der Waals surface area contributed by atoms with Crippen molar-refractivity contribution in [3.05, 3.63) is 145 Å². The predicted octanol–water partition coefficient (Wildman–Crippen LogP) is 10.3. The first-order chi connectivity index (χ1) is 22.1. The second kappa shape index (κ2) is 10.9. The summed E-state index contributed by atoms with van der Waals surface area (Å²) in [5.74, 6) is 1.35.